The van der Waals surface area contributed by atoms with E-state index in [1.54, 1.807) is 4.90 Å². The number of likely N-dealkylation sites (N-methyl/N-ethyl adjacent to an activating group) is 1. The summed E-state index contributed by atoms with van der Waals surface area (Å²) in [5.74, 6) is 0.385. The first kappa shape index (κ1) is 17.2. The van der Waals surface area contributed by atoms with Gasteiger partial charge in [0, 0.05) is 32.6 Å². The predicted octanol–water partition coefficient (Wildman–Crippen LogP) is 0.876. The number of carbonyl (C=O) groups excluding carboxylic acids is 2. The minimum absolute atomic E-state index is 0. The number of hydrogen-bond acceptors (Lipinski definition) is 3. The lowest BCUT2D eigenvalue weighted by Crippen LogP contribution is -2.53. The van der Waals surface area contributed by atoms with Gasteiger partial charge in [0.1, 0.15) is 6.04 Å². The number of hydrogen-bond donors (Lipinski definition) is 1. The predicted molar refractivity (Wildman–Crippen MR) is 80.9 cm³/mol. The molecule has 0 aromatic rings. The van der Waals surface area contributed by atoms with Crippen molar-refractivity contribution in [3.8, 4) is 0 Å². The summed E-state index contributed by atoms with van der Waals surface area (Å²) in [6.07, 6.45) is 2.47. The lowest BCUT2D eigenvalue weighted by molar-refractivity contribution is -0.145. The maximum absolute atomic E-state index is 12.7. The quantitative estimate of drug-likeness (QED) is 0.839. The second-order valence-electron chi connectivity index (χ2n) is 5.98. The molecule has 0 bridgehead atoms. The van der Waals surface area contributed by atoms with Crippen LogP contribution in [0.1, 0.15) is 33.1 Å². The third kappa shape index (κ3) is 3.44. The molecule has 116 valence electrons. The van der Waals surface area contributed by atoms with E-state index in [1.807, 2.05) is 25.8 Å². The highest BCUT2D eigenvalue weighted by Gasteiger charge is 2.38. The van der Waals surface area contributed by atoms with E-state index in [4.69, 9.17) is 0 Å². The number of nitrogens with zero attached hydrogens (tertiary/aromatic N) is 2. The molecule has 2 saturated heterocycles. The second-order valence-corrected chi connectivity index (χ2v) is 5.98. The van der Waals surface area contributed by atoms with E-state index in [0.29, 0.717) is 6.42 Å². The number of carbonyl (C=O) groups is 2. The van der Waals surface area contributed by atoms with Gasteiger partial charge in [-0.15, -0.1) is 12.4 Å². The van der Waals surface area contributed by atoms with Gasteiger partial charge in [-0.1, -0.05) is 13.8 Å². The van der Waals surface area contributed by atoms with Gasteiger partial charge in [0.2, 0.25) is 11.8 Å². The van der Waals surface area contributed by atoms with Crippen molar-refractivity contribution in [2.45, 2.75) is 45.2 Å². The van der Waals surface area contributed by atoms with Gasteiger partial charge in [0.05, 0.1) is 0 Å². The van der Waals surface area contributed by atoms with Crippen molar-refractivity contribution < 1.29 is 9.59 Å². The van der Waals surface area contributed by atoms with Crippen molar-refractivity contribution in [2.75, 3.05) is 26.7 Å². The summed E-state index contributed by atoms with van der Waals surface area (Å²) in [5.41, 5.74) is 0. The average Bonchev–Trinajstić information content (AvgIpc) is 3.00. The molecule has 2 rings (SSSR count). The Morgan fingerprint density at radius 1 is 1.45 bits per heavy atom. The Hall–Kier alpha value is -0.810. The van der Waals surface area contributed by atoms with Crippen LogP contribution in [-0.4, -0.2) is 60.4 Å². The van der Waals surface area contributed by atoms with Gasteiger partial charge < -0.3 is 15.1 Å². The van der Waals surface area contributed by atoms with E-state index in [0.717, 1.165) is 32.5 Å². The SMILES string of the molecule is CC(C)C(C(=O)N(C)C1CCNC1)N1CCCC1=O.Cl. The molecule has 20 heavy (non-hydrogen) atoms. The minimum Gasteiger partial charge on any atom is -0.340 e. The molecule has 0 aromatic heterocycles. The lowest BCUT2D eigenvalue weighted by atomic mass is 10.0. The van der Waals surface area contributed by atoms with Crippen molar-refractivity contribution in [2.24, 2.45) is 5.92 Å². The highest BCUT2D eigenvalue weighted by Crippen LogP contribution is 2.22. The fourth-order valence-corrected chi connectivity index (χ4v) is 3.10. The molecule has 2 unspecified atom stereocenters. The number of nitrogens with one attached hydrogen (secondary N) is 1. The Balaban J connectivity index is 0.00000200. The van der Waals surface area contributed by atoms with Crippen LogP contribution in [-0.2, 0) is 9.59 Å². The molecule has 5 nitrogen and oxygen atoms in total. The molecule has 2 heterocycles. The molecular weight excluding hydrogens is 278 g/mol. The van der Waals surface area contributed by atoms with Crippen molar-refractivity contribution in [3.05, 3.63) is 0 Å². The van der Waals surface area contributed by atoms with E-state index in [9.17, 15) is 9.59 Å². The second kappa shape index (κ2) is 7.27. The highest BCUT2D eigenvalue weighted by atomic mass is 35.5. The third-order valence-corrected chi connectivity index (χ3v) is 4.26. The standard InChI is InChI=1S/C14H25N3O2.ClH/c1-10(2)13(17-8-4-5-12(17)18)14(19)16(3)11-6-7-15-9-11;/h10-11,13,15H,4-9H2,1-3H3;1H. The minimum atomic E-state index is -0.291. The summed E-state index contributed by atoms with van der Waals surface area (Å²) < 4.78 is 0. The largest absolute Gasteiger partial charge is 0.340 e. The summed E-state index contributed by atoms with van der Waals surface area (Å²) in [6, 6.07) is -0.0212. The molecule has 0 saturated carbocycles. The Kier molecular flexibility index (Phi) is 6.27. The number of amides is 2. The van der Waals surface area contributed by atoms with Crippen molar-refractivity contribution >= 4 is 24.2 Å². The molecular formula is C14H26ClN3O2. The van der Waals surface area contributed by atoms with Gasteiger partial charge >= 0.3 is 0 Å². The molecule has 2 aliphatic rings. The van der Waals surface area contributed by atoms with Gasteiger partial charge in [-0.05, 0) is 25.3 Å². The molecule has 2 atom stereocenters. The Morgan fingerprint density at radius 2 is 2.15 bits per heavy atom. The molecule has 2 aliphatic heterocycles. The number of likely N-dealkylation sites (tertiary alicyclic amines) is 1. The van der Waals surface area contributed by atoms with Crippen LogP contribution in [0.25, 0.3) is 0 Å². The molecule has 6 heteroatoms. The number of rotatable bonds is 4. The van der Waals surface area contributed by atoms with Gasteiger partial charge in [-0.25, -0.2) is 0 Å². The van der Waals surface area contributed by atoms with E-state index >= 15 is 0 Å². The topological polar surface area (TPSA) is 52.7 Å². The van der Waals surface area contributed by atoms with Gasteiger partial charge in [0.25, 0.3) is 0 Å². The summed E-state index contributed by atoms with van der Waals surface area (Å²) >= 11 is 0. The molecule has 0 radical (unpaired) electrons. The maximum Gasteiger partial charge on any atom is 0.245 e. The normalized spacial score (nSPS) is 23.9. The van der Waals surface area contributed by atoms with Gasteiger partial charge in [0.15, 0.2) is 0 Å². The maximum atomic E-state index is 12.7. The molecule has 1 N–H and O–H groups in total. The zero-order valence-electron chi connectivity index (χ0n) is 12.6. The van der Waals surface area contributed by atoms with Crippen LogP contribution in [0.4, 0.5) is 0 Å². The molecule has 2 amide bonds. The molecule has 0 aliphatic carbocycles. The Morgan fingerprint density at radius 3 is 2.60 bits per heavy atom. The zero-order chi connectivity index (χ0) is 14.0. The molecule has 0 spiro atoms. The summed E-state index contributed by atoms with van der Waals surface area (Å²) in [5, 5.41) is 3.28. The fraction of sp³-hybridized carbons (Fsp3) is 0.857. The van der Waals surface area contributed by atoms with E-state index in [2.05, 4.69) is 5.32 Å². The van der Waals surface area contributed by atoms with E-state index in [-0.39, 0.29) is 42.2 Å². The van der Waals surface area contributed by atoms with Crippen LogP contribution in [0.2, 0.25) is 0 Å². The van der Waals surface area contributed by atoms with E-state index in [1.165, 1.54) is 0 Å². The summed E-state index contributed by atoms with van der Waals surface area (Å²) in [4.78, 5) is 28.2. The van der Waals surface area contributed by atoms with E-state index < -0.39 is 0 Å². The highest BCUT2D eigenvalue weighted by molar-refractivity contribution is 5.89. The van der Waals surface area contributed by atoms with Crippen LogP contribution in [0.15, 0.2) is 0 Å². The first-order chi connectivity index (χ1) is 9.02. The smallest absolute Gasteiger partial charge is 0.245 e. The molecule has 0 aromatic carbocycles. The van der Waals surface area contributed by atoms with Crippen LogP contribution < -0.4 is 5.32 Å². The van der Waals surface area contributed by atoms with Crippen LogP contribution >= 0.6 is 12.4 Å². The lowest BCUT2D eigenvalue weighted by Gasteiger charge is -2.35. The van der Waals surface area contributed by atoms with Crippen molar-refractivity contribution in [3.63, 3.8) is 0 Å². The zero-order valence-corrected chi connectivity index (χ0v) is 13.4. The van der Waals surface area contributed by atoms with Crippen molar-refractivity contribution in [1.29, 1.82) is 0 Å². The first-order valence-corrected chi connectivity index (χ1v) is 7.29. The number of halogens is 1. The molecule has 2 fully saturated rings. The summed E-state index contributed by atoms with van der Waals surface area (Å²) in [7, 11) is 1.87. The Labute approximate surface area is 127 Å². The monoisotopic (exact) mass is 303 g/mol. The van der Waals surface area contributed by atoms with Crippen molar-refractivity contribution in [1.82, 2.24) is 15.1 Å². The first-order valence-electron chi connectivity index (χ1n) is 7.29. The van der Waals surface area contributed by atoms with Crippen LogP contribution in [0.3, 0.4) is 0 Å². The fourth-order valence-electron chi connectivity index (χ4n) is 3.10. The van der Waals surface area contributed by atoms with Gasteiger partial charge in [-0.2, -0.15) is 0 Å². The van der Waals surface area contributed by atoms with Crippen LogP contribution in [0, 0.1) is 5.92 Å². The van der Waals surface area contributed by atoms with Crippen LogP contribution in [0.5, 0.6) is 0 Å². The summed E-state index contributed by atoms with van der Waals surface area (Å²) in [6.45, 7) is 6.60. The van der Waals surface area contributed by atoms with Gasteiger partial charge in [-0.3, -0.25) is 9.59 Å². The average molecular weight is 304 g/mol. The third-order valence-electron chi connectivity index (χ3n) is 4.26. The Bertz CT molecular complexity index is 356.